The maximum atomic E-state index is 14.0. The first-order valence-corrected chi connectivity index (χ1v) is 14.9. The summed E-state index contributed by atoms with van der Waals surface area (Å²) in [7, 11) is 0. The second kappa shape index (κ2) is 12.2. The van der Waals surface area contributed by atoms with Gasteiger partial charge < -0.3 is 14.0 Å². The fourth-order valence-electron chi connectivity index (χ4n) is 5.10. The highest BCUT2D eigenvalue weighted by molar-refractivity contribution is 7.07. The van der Waals surface area contributed by atoms with Gasteiger partial charge in [-0.15, -0.1) is 0 Å². The minimum atomic E-state index is -0.709. The number of carbonyl (C=O) groups is 1. The van der Waals surface area contributed by atoms with E-state index in [0.717, 1.165) is 28.2 Å². The number of ether oxygens (including phenoxy) is 2. The topological polar surface area (TPSA) is 74.8 Å². The average molecular weight is 623 g/mol. The molecule has 0 fully saturated rings. The molecule has 1 unspecified atom stereocenters. The van der Waals surface area contributed by atoms with Crippen LogP contribution in [0.15, 0.2) is 82.2 Å². The van der Waals surface area contributed by atoms with Gasteiger partial charge in [-0.05, 0) is 81.3 Å². The second-order valence-corrected chi connectivity index (χ2v) is 11.6. The fourth-order valence-corrected chi connectivity index (χ4v) is 6.43. The third kappa shape index (κ3) is 5.50. The number of benzene rings is 2. The lowest BCUT2D eigenvalue weighted by Gasteiger charge is -2.24. The van der Waals surface area contributed by atoms with Crippen LogP contribution >= 0.6 is 34.5 Å². The number of fused-ring (bicyclic) bond motifs is 1. The first kappa shape index (κ1) is 29.6. The third-order valence-corrected chi connectivity index (χ3v) is 8.72. The van der Waals surface area contributed by atoms with Crippen LogP contribution in [0.4, 0.5) is 0 Å². The molecule has 4 aromatic rings. The summed E-state index contributed by atoms with van der Waals surface area (Å²) in [6, 6.07) is 14.1. The van der Waals surface area contributed by atoms with Crippen molar-refractivity contribution in [1.29, 1.82) is 0 Å². The Balaban J connectivity index is 1.65. The largest absolute Gasteiger partial charge is 0.490 e. The average Bonchev–Trinajstić information content (AvgIpc) is 3.42. The molecule has 42 heavy (non-hydrogen) atoms. The zero-order chi connectivity index (χ0) is 30.1. The van der Waals surface area contributed by atoms with Crippen molar-refractivity contribution in [2.75, 3.05) is 13.2 Å². The Hall–Kier alpha value is -3.85. The number of hydrogen-bond donors (Lipinski definition) is 0. The predicted octanol–water partition coefficient (Wildman–Crippen LogP) is 6.08. The molecule has 7 nitrogen and oxygen atoms in total. The van der Waals surface area contributed by atoms with Gasteiger partial charge in [0.05, 0.1) is 38.5 Å². The molecule has 10 heteroatoms. The van der Waals surface area contributed by atoms with Gasteiger partial charge in [0.15, 0.2) is 4.80 Å². The number of nitrogens with zero attached hydrogens (tertiary/aromatic N) is 3. The van der Waals surface area contributed by atoms with Gasteiger partial charge in [0.25, 0.3) is 5.56 Å². The van der Waals surface area contributed by atoms with Crippen LogP contribution in [0.25, 0.3) is 11.8 Å². The van der Waals surface area contributed by atoms with Crippen molar-refractivity contribution in [2.45, 2.75) is 33.7 Å². The summed E-state index contributed by atoms with van der Waals surface area (Å²) in [5, 5.41) is 0.944. The third-order valence-electron chi connectivity index (χ3n) is 7.00. The van der Waals surface area contributed by atoms with E-state index < -0.39 is 12.0 Å². The summed E-state index contributed by atoms with van der Waals surface area (Å²) in [4.78, 5) is 32.4. The standard InChI is InChI=1S/C32H29Cl2N3O4S/c1-6-14-41-24-11-8-21(9-12-24)29-28(31(39)40-7-2)19(4)35-32-37(29)30(38)27(42-32)16-22-15-18(3)36(20(22)5)23-10-13-25(33)26(34)17-23/h6,8-13,15-17,29H,1,7,14H2,2-5H3/b27-16-. The van der Waals surface area contributed by atoms with E-state index in [0.29, 0.717) is 43.0 Å². The SMILES string of the molecule is C=CCOc1ccc(C2C(C(=O)OCC)=C(C)N=c3s/c(=C\c4cc(C)n(-c5ccc(Cl)c(Cl)c5)c4C)c(=O)n32)cc1. The van der Waals surface area contributed by atoms with Crippen LogP contribution in [-0.2, 0) is 9.53 Å². The summed E-state index contributed by atoms with van der Waals surface area (Å²) in [5.41, 5.74) is 4.99. The number of hydrogen-bond acceptors (Lipinski definition) is 6. The number of aromatic nitrogens is 2. The van der Waals surface area contributed by atoms with Crippen LogP contribution in [0.2, 0.25) is 10.0 Å². The molecule has 2 aromatic heterocycles. The molecule has 216 valence electrons. The van der Waals surface area contributed by atoms with Gasteiger partial charge in [0.2, 0.25) is 0 Å². The minimum Gasteiger partial charge on any atom is -0.490 e. The zero-order valence-electron chi connectivity index (χ0n) is 23.6. The second-order valence-electron chi connectivity index (χ2n) is 9.73. The van der Waals surface area contributed by atoms with Gasteiger partial charge >= 0.3 is 5.97 Å². The van der Waals surface area contributed by atoms with E-state index >= 15 is 0 Å². The van der Waals surface area contributed by atoms with Crippen LogP contribution in [0.5, 0.6) is 5.75 Å². The summed E-state index contributed by atoms with van der Waals surface area (Å²) >= 11 is 13.7. The number of rotatable bonds is 8. The molecule has 0 aliphatic carbocycles. The van der Waals surface area contributed by atoms with Crippen LogP contribution < -0.4 is 19.6 Å². The van der Waals surface area contributed by atoms with Crippen LogP contribution in [0, 0.1) is 13.8 Å². The van der Waals surface area contributed by atoms with E-state index in [-0.39, 0.29) is 12.2 Å². The summed E-state index contributed by atoms with van der Waals surface area (Å²) in [6.07, 6.45) is 3.53. The molecule has 1 aliphatic rings. The van der Waals surface area contributed by atoms with E-state index in [2.05, 4.69) is 16.1 Å². The smallest absolute Gasteiger partial charge is 0.338 e. The Morgan fingerprint density at radius 2 is 1.83 bits per heavy atom. The van der Waals surface area contributed by atoms with E-state index in [4.69, 9.17) is 32.7 Å². The lowest BCUT2D eigenvalue weighted by molar-refractivity contribution is -0.139. The maximum Gasteiger partial charge on any atom is 0.338 e. The molecule has 1 aliphatic heterocycles. The van der Waals surface area contributed by atoms with Gasteiger partial charge in [-0.25, -0.2) is 9.79 Å². The number of aryl methyl sites for hydroxylation is 1. The number of thiazole rings is 1. The highest BCUT2D eigenvalue weighted by atomic mass is 35.5. The number of halogens is 2. The van der Waals surface area contributed by atoms with Gasteiger partial charge in [-0.2, -0.15) is 0 Å². The van der Waals surface area contributed by atoms with Gasteiger partial charge in [0.1, 0.15) is 12.4 Å². The molecule has 0 spiro atoms. The predicted molar refractivity (Wildman–Crippen MR) is 168 cm³/mol. The molecule has 0 bridgehead atoms. The van der Waals surface area contributed by atoms with Gasteiger partial charge in [-0.3, -0.25) is 9.36 Å². The fraction of sp³-hybridized carbons (Fsp3) is 0.219. The Labute approximate surface area is 257 Å². The highest BCUT2D eigenvalue weighted by Gasteiger charge is 2.33. The molecule has 3 heterocycles. The molecular formula is C32H29Cl2N3O4S. The number of carbonyl (C=O) groups excluding carboxylic acids is 1. The molecule has 0 saturated heterocycles. The molecule has 0 amide bonds. The van der Waals surface area contributed by atoms with Crippen molar-refractivity contribution in [2.24, 2.45) is 4.99 Å². The van der Waals surface area contributed by atoms with Crippen molar-refractivity contribution < 1.29 is 14.3 Å². The van der Waals surface area contributed by atoms with Crippen LogP contribution in [0.1, 0.15) is 42.4 Å². The van der Waals surface area contributed by atoms with Crippen molar-refractivity contribution in [1.82, 2.24) is 9.13 Å². The normalized spacial score (nSPS) is 14.9. The highest BCUT2D eigenvalue weighted by Crippen LogP contribution is 2.32. The Morgan fingerprint density at radius 3 is 2.50 bits per heavy atom. The summed E-state index contributed by atoms with van der Waals surface area (Å²) in [5.74, 6) is 0.150. The molecule has 0 N–H and O–H groups in total. The first-order valence-electron chi connectivity index (χ1n) is 13.3. The quantitative estimate of drug-likeness (QED) is 0.177. The van der Waals surface area contributed by atoms with E-state index in [9.17, 15) is 9.59 Å². The molecule has 0 radical (unpaired) electrons. The van der Waals surface area contributed by atoms with E-state index in [1.54, 1.807) is 30.6 Å². The molecule has 5 rings (SSSR count). The first-order chi connectivity index (χ1) is 20.1. The van der Waals surface area contributed by atoms with Crippen LogP contribution in [0.3, 0.4) is 0 Å². The molecular weight excluding hydrogens is 593 g/mol. The molecule has 0 saturated carbocycles. The summed E-state index contributed by atoms with van der Waals surface area (Å²) in [6.45, 7) is 11.7. The zero-order valence-corrected chi connectivity index (χ0v) is 25.9. The molecule has 2 aromatic carbocycles. The Kier molecular flexibility index (Phi) is 8.59. The van der Waals surface area contributed by atoms with Crippen molar-refractivity contribution in [3.8, 4) is 11.4 Å². The Morgan fingerprint density at radius 1 is 1.10 bits per heavy atom. The molecule has 1 atom stereocenters. The Bertz CT molecular complexity index is 1920. The van der Waals surface area contributed by atoms with Crippen LogP contribution in [-0.4, -0.2) is 28.3 Å². The van der Waals surface area contributed by atoms with Crippen molar-refractivity contribution in [3.63, 3.8) is 0 Å². The van der Waals surface area contributed by atoms with Gasteiger partial charge in [-0.1, -0.05) is 59.3 Å². The monoisotopic (exact) mass is 621 g/mol. The number of allylic oxidation sites excluding steroid dienone is 1. The van der Waals surface area contributed by atoms with Gasteiger partial charge in [0, 0.05) is 17.1 Å². The van der Waals surface area contributed by atoms with E-state index in [1.165, 1.54) is 11.3 Å². The van der Waals surface area contributed by atoms with Crippen molar-refractivity contribution >= 4 is 46.6 Å². The summed E-state index contributed by atoms with van der Waals surface area (Å²) < 4.78 is 15.2. The van der Waals surface area contributed by atoms with Crippen molar-refractivity contribution in [3.05, 3.63) is 125 Å². The van der Waals surface area contributed by atoms with E-state index in [1.807, 2.05) is 62.4 Å². The lowest BCUT2D eigenvalue weighted by Crippen LogP contribution is -2.39. The lowest BCUT2D eigenvalue weighted by atomic mass is 9.96. The maximum absolute atomic E-state index is 14.0. The minimum absolute atomic E-state index is 0.204. The number of esters is 1.